The van der Waals surface area contributed by atoms with Crippen LogP contribution >= 0.6 is 0 Å². The summed E-state index contributed by atoms with van der Waals surface area (Å²) in [7, 11) is 3.70. The first kappa shape index (κ1) is 12.6. The van der Waals surface area contributed by atoms with Crippen LogP contribution in [0.5, 0.6) is 0 Å². The predicted molar refractivity (Wildman–Crippen MR) is 73.7 cm³/mol. The first-order valence-electron chi connectivity index (χ1n) is 5.85. The van der Waals surface area contributed by atoms with Crippen molar-refractivity contribution in [2.45, 2.75) is 13.0 Å². The second-order valence-electron chi connectivity index (χ2n) is 4.39. The lowest BCUT2D eigenvalue weighted by Gasteiger charge is -2.26. The fraction of sp³-hybridized carbons (Fsp3) is 0.385. The number of anilines is 2. The van der Waals surface area contributed by atoms with E-state index in [1.165, 1.54) is 0 Å². The van der Waals surface area contributed by atoms with Gasteiger partial charge in [-0.05, 0) is 25.1 Å². The largest absolute Gasteiger partial charge is 0.399 e. The van der Waals surface area contributed by atoms with E-state index in [0.717, 1.165) is 16.7 Å². The van der Waals surface area contributed by atoms with Crippen LogP contribution in [0.3, 0.4) is 0 Å². The van der Waals surface area contributed by atoms with E-state index in [1.54, 1.807) is 13.4 Å². The highest BCUT2D eigenvalue weighted by Crippen LogP contribution is 2.24. The number of rotatable bonds is 4. The van der Waals surface area contributed by atoms with Crippen LogP contribution in [-0.2, 0) is 4.74 Å². The van der Waals surface area contributed by atoms with E-state index in [0.29, 0.717) is 12.3 Å². The Kier molecular flexibility index (Phi) is 3.62. The lowest BCUT2D eigenvalue weighted by Crippen LogP contribution is -2.33. The Hall–Kier alpha value is -1.88. The van der Waals surface area contributed by atoms with Crippen LogP contribution in [0.4, 0.5) is 11.5 Å². The van der Waals surface area contributed by atoms with E-state index in [1.807, 2.05) is 25.2 Å². The highest BCUT2D eigenvalue weighted by molar-refractivity contribution is 5.91. The third-order valence-electron chi connectivity index (χ3n) is 3.04. The molecule has 96 valence electrons. The molecule has 1 atom stereocenters. The van der Waals surface area contributed by atoms with Crippen LogP contribution in [0, 0.1) is 0 Å². The van der Waals surface area contributed by atoms with Gasteiger partial charge in [-0.1, -0.05) is 0 Å². The molecule has 0 aliphatic heterocycles. The molecule has 0 aliphatic rings. The monoisotopic (exact) mass is 246 g/mol. The number of likely N-dealkylation sites (N-methyl/N-ethyl adjacent to an activating group) is 1. The van der Waals surface area contributed by atoms with Crippen LogP contribution in [0.25, 0.3) is 10.9 Å². The predicted octanol–water partition coefficient (Wildman–Crippen LogP) is 1.68. The van der Waals surface area contributed by atoms with E-state index in [-0.39, 0.29) is 6.04 Å². The van der Waals surface area contributed by atoms with Crippen molar-refractivity contribution in [1.82, 2.24) is 9.97 Å². The fourth-order valence-electron chi connectivity index (χ4n) is 1.90. The van der Waals surface area contributed by atoms with Gasteiger partial charge >= 0.3 is 0 Å². The number of nitrogens with zero attached hydrogens (tertiary/aromatic N) is 3. The smallest absolute Gasteiger partial charge is 0.139 e. The van der Waals surface area contributed by atoms with Crippen molar-refractivity contribution in [1.29, 1.82) is 0 Å². The molecule has 1 unspecified atom stereocenters. The van der Waals surface area contributed by atoms with E-state index >= 15 is 0 Å². The van der Waals surface area contributed by atoms with Gasteiger partial charge in [0.15, 0.2) is 0 Å². The summed E-state index contributed by atoms with van der Waals surface area (Å²) in [6.07, 6.45) is 1.56. The first-order valence-corrected chi connectivity index (χ1v) is 5.85. The quantitative estimate of drug-likeness (QED) is 0.832. The minimum Gasteiger partial charge on any atom is -0.399 e. The zero-order valence-electron chi connectivity index (χ0n) is 10.9. The number of benzene rings is 1. The Labute approximate surface area is 107 Å². The third-order valence-corrected chi connectivity index (χ3v) is 3.04. The second kappa shape index (κ2) is 5.18. The number of ether oxygens (including phenoxy) is 1. The van der Waals surface area contributed by atoms with Crippen LogP contribution in [0.1, 0.15) is 6.92 Å². The van der Waals surface area contributed by atoms with E-state index < -0.39 is 0 Å². The number of nitrogens with two attached hydrogens (primary N) is 1. The molecule has 0 saturated carbocycles. The van der Waals surface area contributed by atoms with Crippen molar-refractivity contribution < 1.29 is 4.74 Å². The molecule has 0 spiro atoms. The molecule has 0 amide bonds. The number of nitrogen functional groups attached to an aromatic ring is 1. The van der Waals surface area contributed by atoms with Crippen LogP contribution in [0.2, 0.25) is 0 Å². The van der Waals surface area contributed by atoms with Gasteiger partial charge in [-0.2, -0.15) is 0 Å². The van der Waals surface area contributed by atoms with E-state index in [2.05, 4.69) is 21.8 Å². The van der Waals surface area contributed by atoms with Crippen molar-refractivity contribution in [2.75, 3.05) is 31.4 Å². The second-order valence-corrected chi connectivity index (χ2v) is 4.39. The SMILES string of the molecule is COCC(C)N(C)c1ncnc2cc(N)ccc12. The zero-order valence-corrected chi connectivity index (χ0v) is 10.9. The Bertz CT molecular complexity index is 544. The maximum absolute atomic E-state index is 5.76. The summed E-state index contributed by atoms with van der Waals surface area (Å²) >= 11 is 0. The number of fused-ring (bicyclic) bond motifs is 1. The third kappa shape index (κ3) is 2.36. The molecule has 1 aromatic carbocycles. The number of hydrogen-bond donors (Lipinski definition) is 1. The molecular weight excluding hydrogens is 228 g/mol. The molecule has 5 nitrogen and oxygen atoms in total. The van der Waals surface area contributed by atoms with Gasteiger partial charge in [0.25, 0.3) is 0 Å². The Morgan fingerprint density at radius 3 is 2.89 bits per heavy atom. The molecule has 0 aliphatic carbocycles. The van der Waals surface area contributed by atoms with Gasteiger partial charge in [-0.15, -0.1) is 0 Å². The number of methoxy groups -OCH3 is 1. The fourth-order valence-corrected chi connectivity index (χ4v) is 1.90. The number of hydrogen-bond acceptors (Lipinski definition) is 5. The molecule has 1 aromatic heterocycles. The molecular formula is C13H18N4O. The van der Waals surface area contributed by atoms with Gasteiger partial charge in [-0.25, -0.2) is 9.97 Å². The minimum atomic E-state index is 0.241. The molecule has 0 radical (unpaired) electrons. The van der Waals surface area contributed by atoms with Gasteiger partial charge in [0.2, 0.25) is 0 Å². The summed E-state index contributed by atoms with van der Waals surface area (Å²) in [5.74, 6) is 0.893. The van der Waals surface area contributed by atoms with Gasteiger partial charge in [0.05, 0.1) is 18.2 Å². The summed E-state index contributed by atoms with van der Waals surface area (Å²) in [6.45, 7) is 2.74. The molecule has 0 bridgehead atoms. The molecule has 0 saturated heterocycles. The summed E-state index contributed by atoms with van der Waals surface area (Å²) in [6, 6.07) is 5.92. The highest BCUT2D eigenvalue weighted by Gasteiger charge is 2.14. The topological polar surface area (TPSA) is 64.3 Å². The van der Waals surface area contributed by atoms with E-state index in [4.69, 9.17) is 10.5 Å². The molecule has 2 aromatic rings. The highest BCUT2D eigenvalue weighted by atomic mass is 16.5. The van der Waals surface area contributed by atoms with Crippen LogP contribution < -0.4 is 10.6 Å². The van der Waals surface area contributed by atoms with Crippen molar-refractivity contribution >= 4 is 22.4 Å². The average Bonchev–Trinajstić information content (AvgIpc) is 2.37. The normalized spacial score (nSPS) is 12.6. The van der Waals surface area contributed by atoms with Crippen molar-refractivity contribution in [3.63, 3.8) is 0 Å². The van der Waals surface area contributed by atoms with Crippen molar-refractivity contribution in [3.05, 3.63) is 24.5 Å². The van der Waals surface area contributed by atoms with Gasteiger partial charge in [0.1, 0.15) is 12.1 Å². The first-order chi connectivity index (χ1) is 8.63. The summed E-state index contributed by atoms with van der Waals surface area (Å²) in [5.41, 5.74) is 7.33. The standard InChI is InChI=1S/C13H18N4O/c1-9(7-18-3)17(2)13-11-5-4-10(14)6-12(11)15-8-16-13/h4-6,8-9H,7,14H2,1-3H3. The summed E-state index contributed by atoms with van der Waals surface area (Å²) in [5, 5.41) is 0.997. The maximum atomic E-state index is 5.76. The summed E-state index contributed by atoms with van der Waals surface area (Å²) < 4.78 is 5.17. The molecule has 18 heavy (non-hydrogen) atoms. The van der Waals surface area contributed by atoms with Crippen LogP contribution in [0.15, 0.2) is 24.5 Å². The van der Waals surface area contributed by atoms with Crippen molar-refractivity contribution in [2.24, 2.45) is 0 Å². The average molecular weight is 246 g/mol. The van der Waals surface area contributed by atoms with Gasteiger partial charge in [-0.3, -0.25) is 0 Å². The lowest BCUT2D eigenvalue weighted by atomic mass is 10.2. The van der Waals surface area contributed by atoms with E-state index in [9.17, 15) is 0 Å². The van der Waals surface area contributed by atoms with Gasteiger partial charge < -0.3 is 15.4 Å². The molecule has 2 N–H and O–H groups in total. The molecule has 5 heteroatoms. The molecule has 0 fully saturated rings. The van der Waals surface area contributed by atoms with Gasteiger partial charge in [0, 0.05) is 25.2 Å². The maximum Gasteiger partial charge on any atom is 0.139 e. The Balaban J connectivity index is 2.44. The zero-order chi connectivity index (χ0) is 13.1. The lowest BCUT2D eigenvalue weighted by molar-refractivity contribution is 0.183. The van der Waals surface area contributed by atoms with Crippen molar-refractivity contribution in [3.8, 4) is 0 Å². The Morgan fingerprint density at radius 2 is 2.17 bits per heavy atom. The molecule has 2 rings (SSSR count). The minimum absolute atomic E-state index is 0.241. The number of aromatic nitrogens is 2. The van der Waals surface area contributed by atoms with Crippen LogP contribution in [-0.4, -0.2) is 36.8 Å². The molecule has 1 heterocycles. The summed E-state index contributed by atoms with van der Waals surface area (Å²) in [4.78, 5) is 10.7. The Morgan fingerprint density at radius 1 is 1.39 bits per heavy atom.